The summed E-state index contributed by atoms with van der Waals surface area (Å²) in [6, 6.07) is 4.54. The third kappa shape index (κ3) is 2.77. The van der Waals surface area contributed by atoms with Crippen molar-refractivity contribution in [1.29, 1.82) is 0 Å². The number of para-hydroxylation sites is 1. The van der Waals surface area contributed by atoms with E-state index in [-0.39, 0.29) is 41.6 Å². The predicted octanol–water partition coefficient (Wildman–Crippen LogP) is 1.71. The lowest BCUT2D eigenvalue weighted by Gasteiger charge is -2.12. The first-order valence-electron chi connectivity index (χ1n) is 8.57. The summed E-state index contributed by atoms with van der Waals surface area (Å²) in [6.45, 7) is 3.42. The van der Waals surface area contributed by atoms with Gasteiger partial charge in [0.1, 0.15) is 28.8 Å². The molecule has 0 atom stereocenters. The summed E-state index contributed by atoms with van der Waals surface area (Å²) in [6.07, 6.45) is 1.41. The Morgan fingerprint density at radius 1 is 1.32 bits per heavy atom. The van der Waals surface area contributed by atoms with Gasteiger partial charge in [-0.1, -0.05) is 11.2 Å². The molecular formula is C18H18FN5O4. The number of fused-ring (bicyclic) bond motifs is 3. The van der Waals surface area contributed by atoms with Crippen LogP contribution in [0.2, 0.25) is 0 Å². The molecule has 28 heavy (non-hydrogen) atoms. The number of rotatable bonds is 5. The second kappa shape index (κ2) is 6.50. The van der Waals surface area contributed by atoms with Gasteiger partial charge in [-0.15, -0.1) is 0 Å². The fraction of sp³-hybridized carbons (Fsp3) is 0.333. The zero-order valence-corrected chi connectivity index (χ0v) is 15.5. The van der Waals surface area contributed by atoms with Crippen molar-refractivity contribution < 1.29 is 18.8 Å². The third-order valence-corrected chi connectivity index (χ3v) is 4.41. The highest BCUT2D eigenvalue weighted by molar-refractivity contribution is 5.83. The van der Waals surface area contributed by atoms with Gasteiger partial charge in [0.2, 0.25) is 5.82 Å². The summed E-state index contributed by atoms with van der Waals surface area (Å²) in [5, 5.41) is 13.8. The molecule has 0 unspecified atom stereocenters. The van der Waals surface area contributed by atoms with Gasteiger partial charge in [-0.2, -0.15) is 4.98 Å². The minimum absolute atomic E-state index is 0.00855. The quantitative estimate of drug-likeness (QED) is 0.555. The van der Waals surface area contributed by atoms with Crippen LogP contribution in [-0.2, 0) is 16.9 Å². The van der Waals surface area contributed by atoms with Crippen molar-refractivity contribution >= 4 is 16.6 Å². The minimum Gasteiger partial charge on any atom is -0.383 e. The van der Waals surface area contributed by atoms with Crippen LogP contribution < -0.4 is 5.56 Å². The molecule has 0 bridgehead atoms. The lowest BCUT2D eigenvalue weighted by Crippen LogP contribution is -2.25. The molecule has 0 aliphatic carbocycles. The fourth-order valence-corrected chi connectivity index (χ4v) is 3.05. The number of aliphatic hydroxyl groups is 1. The number of nitrogens with zero attached hydrogens (tertiary/aromatic N) is 5. The molecular weight excluding hydrogens is 369 g/mol. The molecule has 10 heteroatoms. The van der Waals surface area contributed by atoms with Crippen LogP contribution in [0.25, 0.3) is 28.1 Å². The van der Waals surface area contributed by atoms with E-state index in [1.54, 1.807) is 12.1 Å². The van der Waals surface area contributed by atoms with Crippen molar-refractivity contribution in [2.24, 2.45) is 0 Å². The number of methoxy groups -OCH3 is 1. The zero-order chi connectivity index (χ0) is 20.1. The maximum atomic E-state index is 14.5. The van der Waals surface area contributed by atoms with Gasteiger partial charge in [0.15, 0.2) is 5.69 Å². The number of imidazole rings is 1. The van der Waals surface area contributed by atoms with Crippen molar-refractivity contribution in [2.75, 3.05) is 13.7 Å². The lowest BCUT2D eigenvalue weighted by atomic mass is 10.1. The third-order valence-electron chi connectivity index (χ3n) is 4.41. The van der Waals surface area contributed by atoms with Gasteiger partial charge >= 0.3 is 0 Å². The van der Waals surface area contributed by atoms with Crippen molar-refractivity contribution in [3.05, 3.63) is 46.5 Å². The average Bonchev–Trinajstić information content (AvgIpc) is 3.29. The van der Waals surface area contributed by atoms with Crippen LogP contribution in [0.15, 0.2) is 33.8 Å². The minimum atomic E-state index is -1.31. The highest BCUT2D eigenvalue weighted by Gasteiger charge is 2.27. The van der Waals surface area contributed by atoms with E-state index in [1.807, 2.05) is 0 Å². The van der Waals surface area contributed by atoms with Crippen LogP contribution in [0, 0.1) is 5.82 Å². The first kappa shape index (κ1) is 18.3. The number of aromatic nitrogens is 5. The monoisotopic (exact) mass is 387 g/mol. The highest BCUT2D eigenvalue weighted by Crippen LogP contribution is 2.26. The molecule has 3 aromatic heterocycles. The van der Waals surface area contributed by atoms with E-state index >= 15 is 0 Å². The molecule has 0 aliphatic heterocycles. The van der Waals surface area contributed by atoms with Gasteiger partial charge in [0, 0.05) is 13.7 Å². The summed E-state index contributed by atoms with van der Waals surface area (Å²) in [5.41, 5.74) is -0.836. The number of hydrogen-bond acceptors (Lipinski definition) is 7. The van der Waals surface area contributed by atoms with Gasteiger partial charge in [-0.05, 0) is 26.0 Å². The molecule has 1 aromatic carbocycles. The van der Waals surface area contributed by atoms with E-state index in [4.69, 9.17) is 9.26 Å². The molecule has 0 saturated heterocycles. The first-order valence-corrected chi connectivity index (χ1v) is 8.57. The maximum absolute atomic E-state index is 14.5. The molecule has 0 spiro atoms. The topological polar surface area (TPSA) is 108 Å². The number of ether oxygens (including phenoxy) is 1. The first-order chi connectivity index (χ1) is 13.3. The Balaban J connectivity index is 2.04. The Morgan fingerprint density at radius 3 is 2.79 bits per heavy atom. The Kier molecular flexibility index (Phi) is 4.24. The number of halogens is 1. The van der Waals surface area contributed by atoms with E-state index in [1.165, 1.54) is 42.3 Å². The van der Waals surface area contributed by atoms with Gasteiger partial charge in [0.05, 0.1) is 12.1 Å². The number of hydrogen-bond donors (Lipinski definition) is 1. The lowest BCUT2D eigenvalue weighted by molar-refractivity contribution is 0.0661. The molecule has 0 aliphatic rings. The smallest absolute Gasteiger partial charge is 0.279 e. The second-order valence-electron chi connectivity index (χ2n) is 6.85. The molecule has 9 nitrogen and oxygen atoms in total. The molecule has 4 rings (SSSR count). The van der Waals surface area contributed by atoms with Crippen molar-refractivity contribution in [3.8, 4) is 11.6 Å². The van der Waals surface area contributed by atoms with E-state index in [2.05, 4.69) is 15.1 Å². The normalized spacial score (nSPS) is 12.3. The van der Waals surface area contributed by atoms with Gasteiger partial charge in [-0.3, -0.25) is 9.20 Å². The number of benzene rings is 1. The van der Waals surface area contributed by atoms with E-state index in [0.29, 0.717) is 5.52 Å². The molecule has 0 amide bonds. The largest absolute Gasteiger partial charge is 0.383 e. The summed E-state index contributed by atoms with van der Waals surface area (Å²) >= 11 is 0. The maximum Gasteiger partial charge on any atom is 0.279 e. The summed E-state index contributed by atoms with van der Waals surface area (Å²) in [5.74, 6) is -0.467. The van der Waals surface area contributed by atoms with Crippen LogP contribution >= 0.6 is 0 Å². The van der Waals surface area contributed by atoms with E-state index < -0.39 is 17.0 Å². The predicted molar refractivity (Wildman–Crippen MR) is 97.3 cm³/mol. The Bertz CT molecular complexity index is 1230. The molecule has 4 aromatic rings. The standard InChI is InChI=1S/C18H18FN5O4/c1-18(2,26)17-21-15(28-22-17)12-14-16(25)23(7-8-27-3)13-10(19)5-4-6-11(13)24(14)9-20-12/h4-6,9,26H,7-8H2,1-3H3. The van der Waals surface area contributed by atoms with E-state index in [9.17, 15) is 14.3 Å². The van der Waals surface area contributed by atoms with Crippen LogP contribution in [-0.4, -0.2) is 42.9 Å². The highest BCUT2D eigenvalue weighted by atomic mass is 19.1. The Hall–Kier alpha value is -3.11. The summed E-state index contributed by atoms with van der Waals surface area (Å²) in [4.78, 5) is 21.6. The van der Waals surface area contributed by atoms with Crippen molar-refractivity contribution in [2.45, 2.75) is 26.0 Å². The second-order valence-corrected chi connectivity index (χ2v) is 6.85. The molecule has 3 heterocycles. The Morgan fingerprint density at radius 2 is 2.11 bits per heavy atom. The van der Waals surface area contributed by atoms with Crippen molar-refractivity contribution in [3.63, 3.8) is 0 Å². The SMILES string of the molecule is COCCn1c(=O)c2c(-c3nc(C(C)(C)O)no3)ncn2c2cccc(F)c21. The van der Waals surface area contributed by atoms with Gasteiger partial charge in [0.25, 0.3) is 11.4 Å². The van der Waals surface area contributed by atoms with Gasteiger partial charge < -0.3 is 18.9 Å². The van der Waals surface area contributed by atoms with Crippen LogP contribution in [0.5, 0.6) is 0 Å². The molecule has 146 valence electrons. The molecule has 0 radical (unpaired) electrons. The fourth-order valence-electron chi connectivity index (χ4n) is 3.05. The molecule has 0 saturated carbocycles. The Labute approximate surface area is 158 Å². The average molecular weight is 387 g/mol. The summed E-state index contributed by atoms with van der Waals surface area (Å²) < 4.78 is 27.6. The summed E-state index contributed by atoms with van der Waals surface area (Å²) in [7, 11) is 1.50. The van der Waals surface area contributed by atoms with Gasteiger partial charge in [-0.25, -0.2) is 9.37 Å². The molecule has 0 fully saturated rings. The molecule has 1 N–H and O–H groups in total. The van der Waals surface area contributed by atoms with Crippen LogP contribution in [0.1, 0.15) is 19.7 Å². The van der Waals surface area contributed by atoms with Crippen LogP contribution in [0.3, 0.4) is 0 Å². The van der Waals surface area contributed by atoms with Crippen LogP contribution in [0.4, 0.5) is 4.39 Å². The van der Waals surface area contributed by atoms with Crippen molar-refractivity contribution in [1.82, 2.24) is 24.1 Å². The zero-order valence-electron chi connectivity index (χ0n) is 15.5. The van der Waals surface area contributed by atoms with E-state index in [0.717, 1.165) is 0 Å².